The molecule has 39 heavy (non-hydrogen) atoms. The molecule has 2 aromatic heterocycles. The zero-order valence-electron chi connectivity index (χ0n) is 20.9. The largest absolute Gasteiger partial charge is 0.481 e. The van der Waals surface area contributed by atoms with Crippen molar-refractivity contribution in [2.45, 2.75) is 25.7 Å². The van der Waals surface area contributed by atoms with Crippen LogP contribution in [0.15, 0.2) is 64.2 Å². The van der Waals surface area contributed by atoms with E-state index in [9.17, 15) is 18.8 Å². The van der Waals surface area contributed by atoms with Crippen LogP contribution in [-0.2, 0) is 16.1 Å². The monoisotopic (exact) mass is 570 g/mol. The van der Waals surface area contributed by atoms with Gasteiger partial charge in [-0.2, -0.15) is 0 Å². The summed E-state index contributed by atoms with van der Waals surface area (Å²) < 4.78 is 29.6. The van der Waals surface area contributed by atoms with E-state index in [4.69, 9.17) is 13.9 Å². The van der Waals surface area contributed by atoms with Crippen LogP contribution in [0.3, 0.4) is 0 Å². The Kier molecular flexibility index (Phi) is 9.28. The van der Waals surface area contributed by atoms with Crippen molar-refractivity contribution in [3.63, 3.8) is 0 Å². The van der Waals surface area contributed by atoms with Gasteiger partial charge in [0.2, 0.25) is 5.91 Å². The quantitative estimate of drug-likeness (QED) is 0.182. The number of esters is 1. The van der Waals surface area contributed by atoms with Gasteiger partial charge in [-0.25, -0.2) is 9.18 Å². The summed E-state index contributed by atoms with van der Waals surface area (Å²) in [6.07, 6.45) is 0. The normalized spacial score (nSPS) is 10.6. The maximum absolute atomic E-state index is 13.7. The highest BCUT2D eigenvalue weighted by Crippen LogP contribution is 2.34. The SMILES string of the molecule is CCOC(=O)c1sc(NC(=O)CSc2nnc(COc3ccccc3F)o2)c(C(=O)Nc2ccccc2)c1C. The van der Waals surface area contributed by atoms with E-state index in [1.165, 1.54) is 12.1 Å². The van der Waals surface area contributed by atoms with Crippen molar-refractivity contribution in [3.05, 3.63) is 82.3 Å². The van der Waals surface area contributed by atoms with Crippen molar-refractivity contribution in [3.8, 4) is 5.75 Å². The lowest BCUT2D eigenvalue weighted by Crippen LogP contribution is -2.18. The summed E-state index contributed by atoms with van der Waals surface area (Å²) in [5.41, 5.74) is 1.12. The summed E-state index contributed by atoms with van der Waals surface area (Å²) in [7, 11) is 0. The van der Waals surface area contributed by atoms with Gasteiger partial charge in [0.1, 0.15) is 9.88 Å². The molecule has 0 spiro atoms. The Morgan fingerprint density at radius 2 is 1.79 bits per heavy atom. The highest BCUT2D eigenvalue weighted by molar-refractivity contribution is 7.99. The number of rotatable bonds is 11. The lowest BCUT2D eigenvalue weighted by molar-refractivity contribution is -0.113. The number of amides is 2. The molecule has 2 N–H and O–H groups in total. The van der Waals surface area contributed by atoms with Crippen molar-refractivity contribution in [2.75, 3.05) is 23.0 Å². The number of benzene rings is 2. The Labute approximate surface area is 230 Å². The molecule has 0 saturated heterocycles. The maximum Gasteiger partial charge on any atom is 0.348 e. The minimum Gasteiger partial charge on any atom is -0.481 e. The highest BCUT2D eigenvalue weighted by atomic mass is 32.2. The molecule has 202 valence electrons. The van der Waals surface area contributed by atoms with Crippen LogP contribution in [0.4, 0.5) is 15.1 Å². The molecule has 0 unspecified atom stereocenters. The summed E-state index contributed by atoms with van der Waals surface area (Å²) in [5.74, 6) is -2.02. The number of thioether (sulfide) groups is 1. The fraction of sp³-hybridized carbons (Fsp3) is 0.192. The number of thiophene rings is 1. The highest BCUT2D eigenvalue weighted by Gasteiger charge is 2.27. The molecule has 2 heterocycles. The lowest BCUT2D eigenvalue weighted by atomic mass is 10.1. The molecule has 0 fully saturated rings. The van der Waals surface area contributed by atoms with Crippen LogP contribution in [0.2, 0.25) is 0 Å². The van der Waals surface area contributed by atoms with Crippen LogP contribution in [0, 0.1) is 12.7 Å². The van der Waals surface area contributed by atoms with Gasteiger partial charge in [-0.1, -0.05) is 42.1 Å². The third kappa shape index (κ3) is 7.21. The first-order valence-corrected chi connectivity index (χ1v) is 13.4. The molecule has 10 nitrogen and oxygen atoms in total. The van der Waals surface area contributed by atoms with Gasteiger partial charge >= 0.3 is 5.97 Å². The average molecular weight is 571 g/mol. The summed E-state index contributed by atoms with van der Waals surface area (Å²) in [6, 6.07) is 14.7. The zero-order valence-corrected chi connectivity index (χ0v) is 22.5. The number of halogens is 1. The molecule has 0 aliphatic rings. The number of para-hydroxylation sites is 2. The van der Waals surface area contributed by atoms with Gasteiger partial charge in [0.05, 0.1) is 17.9 Å². The summed E-state index contributed by atoms with van der Waals surface area (Å²) in [5, 5.41) is 13.5. The van der Waals surface area contributed by atoms with Gasteiger partial charge in [-0.15, -0.1) is 21.5 Å². The predicted octanol–water partition coefficient (Wildman–Crippen LogP) is 5.32. The van der Waals surface area contributed by atoms with E-state index in [-0.39, 0.29) is 51.3 Å². The minimum absolute atomic E-state index is 0.0461. The van der Waals surface area contributed by atoms with Crippen molar-refractivity contribution in [2.24, 2.45) is 0 Å². The number of hydrogen-bond acceptors (Lipinski definition) is 10. The van der Waals surface area contributed by atoms with E-state index in [0.717, 1.165) is 23.1 Å². The van der Waals surface area contributed by atoms with E-state index < -0.39 is 23.6 Å². The van der Waals surface area contributed by atoms with E-state index in [1.54, 1.807) is 50.2 Å². The molecule has 13 heteroatoms. The lowest BCUT2D eigenvalue weighted by Gasteiger charge is -2.08. The van der Waals surface area contributed by atoms with Gasteiger partial charge in [0.15, 0.2) is 18.2 Å². The van der Waals surface area contributed by atoms with Crippen molar-refractivity contribution >= 4 is 51.6 Å². The molecule has 0 radical (unpaired) electrons. The number of hydrogen-bond donors (Lipinski definition) is 2. The Morgan fingerprint density at radius 1 is 1.05 bits per heavy atom. The van der Waals surface area contributed by atoms with Crippen LogP contribution in [0.25, 0.3) is 0 Å². The number of aromatic nitrogens is 2. The number of ether oxygens (including phenoxy) is 2. The van der Waals surface area contributed by atoms with Crippen LogP contribution >= 0.6 is 23.1 Å². The van der Waals surface area contributed by atoms with Gasteiger partial charge < -0.3 is 24.5 Å². The minimum atomic E-state index is -0.584. The standard InChI is InChI=1S/C26H23FN4O6S2/c1-3-35-25(34)22-15(2)21(23(33)28-16-9-5-4-6-10-16)24(39-22)29-19(32)14-38-26-31-30-20(37-26)13-36-18-12-8-7-11-17(18)27/h4-12H,3,13-14H2,1-2H3,(H,28,33)(H,29,32). The van der Waals surface area contributed by atoms with Gasteiger partial charge in [-0.3, -0.25) is 9.59 Å². The first-order valence-electron chi connectivity index (χ1n) is 11.6. The number of nitrogens with zero attached hydrogens (tertiary/aromatic N) is 2. The molecule has 0 aliphatic carbocycles. The Morgan fingerprint density at radius 3 is 2.54 bits per heavy atom. The van der Waals surface area contributed by atoms with Gasteiger partial charge in [0.25, 0.3) is 17.0 Å². The summed E-state index contributed by atoms with van der Waals surface area (Å²) in [6.45, 7) is 3.32. The molecule has 2 aromatic carbocycles. The molecule has 2 amide bonds. The predicted molar refractivity (Wildman–Crippen MR) is 144 cm³/mol. The van der Waals surface area contributed by atoms with Crippen molar-refractivity contribution in [1.82, 2.24) is 10.2 Å². The average Bonchev–Trinajstić information content (AvgIpc) is 3.51. The fourth-order valence-electron chi connectivity index (χ4n) is 3.33. The van der Waals surface area contributed by atoms with E-state index in [2.05, 4.69) is 20.8 Å². The smallest absolute Gasteiger partial charge is 0.348 e. The Hall–Kier alpha value is -4.23. The second-order valence-corrected chi connectivity index (χ2v) is 9.77. The molecule has 4 rings (SSSR count). The first kappa shape index (κ1) is 27.8. The molecular formula is C26H23FN4O6S2. The van der Waals surface area contributed by atoms with Crippen LogP contribution < -0.4 is 15.4 Å². The number of anilines is 2. The Bertz CT molecular complexity index is 1470. The summed E-state index contributed by atoms with van der Waals surface area (Å²) >= 11 is 1.92. The zero-order chi connectivity index (χ0) is 27.8. The maximum atomic E-state index is 13.7. The fourth-order valence-corrected chi connectivity index (χ4v) is 5.02. The molecule has 0 atom stereocenters. The van der Waals surface area contributed by atoms with Crippen molar-refractivity contribution in [1.29, 1.82) is 0 Å². The van der Waals surface area contributed by atoms with Crippen LogP contribution in [0.5, 0.6) is 5.75 Å². The second-order valence-electron chi connectivity index (χ2n) is 7.82. The topological polar surface area (TPSA) is 133 Å². The van der Waals surface area contributed by atoms with Crippen molar-refractivity contribution < 1.29 is 32.7 Å². The van der Waals surface area contributed by atoms with Crippen LogP contribution in [0.1, 0.15) is 38.4 Å². The molecular weight excluding hydrogens is 547 g/mol. The first-order chi connectivity index (χ1) is 18.9. The van der Waals surface area contributed by atoms with E-state index in [1.807, 2.05) is 6.07 Å². The Balaban J connectivity index is 1.41. The van der Waals surface area contributed by atoms with E-state index >= 15 is 0 Å². The summed E-state index contributed by atoms with van der Waals surface area (Å²) in [4.78, 5) is 38.5. The molecule has 0 saturated carbocycles. The third-order valence-corrected chi connectivity index (χ3v) is 7.09. The second kappa shape index (κ2) is 13.0. The van der Waals surface area contributed by atoms with Crippen LogP contribution in [-0.4, -0.2) is 40.3 Å². The number of nitrogens with one attached hydrogen (secondary N) is 2. The number of carbonyl (C=O) groups excluding carboxylic acids is 3. The van der Waals surface area contributed by atoms with Gasteiger partial charge in [0, 0.05) is 5.69 Å². The molecule has 0 aliphatic heterocycles. The van der Waals surface area contributed by atoms with Gasteiger partial charge in [-0.05, 0) is 43.7 Å². The third-order valence-electron chi connectivity index (χ3n) is 5.08. The molecule has 4 aromatic rings. The molecule has 0 bridgehead atoms. The van der Waals surface area contributed by atoms with E-state index in [0.29, 0.717) is 11.3 Å². The number of carbonyl (C=O) groups is 3.